The molecule has 0 amide bonds. The van der Waals surface area contributed by atoms with Crippen molar-refractivity contribution in [3.63, 3.8) is 0 Å². The monoisotopic (exact) mass is 385 g/mol. The van der Waals surface area contributed by atoms with Gasteiger partial charge in [0, 0.05) is 29.6 Å². The molecule has 6 rings (SSSR count). The van der Waals surface area contributed by atoms with Crippen LogP contribution in [0.4, 0.5) is 10.1 Å². The van der Waals surface area contributed by atoms with Crippen LogP contribution in [0, 0.1) is 17.7 Å². The van der Waals surface area contributed by atoms with Crippen molar-refractivity contribution in [2.45, 2.75) is 37.6 Å². The first-order chi connectivity index (χ1) is 14.1. The van der Waals surface area contributed by atoms with Gasteiger partial charge in [-0.3, -0.25) is 4.79 Å². The van der Waals surface area contributed by atoms with Crippen molar-refractivity contribution < 1.29 is 9.18 Å². The number of ketones is 1. The number of Topliss-reactive ketones (excluding diaryl/α,β-unsaturated/α-hetero) is 1. The number of anilines is 1. The number of carbonyl (C=O) groups is 1. The molecule has 4 aliphatic rings. The fourth-order valence-electron chi connectivity index (χ4n) is 6.22. The number of nitrogens with zero attached hydrogens (tertiary/aromatic N) is 1. The average Bonchev–Trinajstić information content (AvgIpc) is 3.38. The molecular weight excluding hydrogens is 361 g/mol. The van der Waals surface area contributed by atoms with Gasteiger partial charge in [0.2, 0.25) is 0 Å². The van der Waals surface area contributed by atoms with E-state index in [1.165, 1.54) is 22.4 Å². The largest absolute Gasteiger partial charge is 0.363 e. The summed E-state index contributed by atoms with van der Waals surface area (Å²) in [7, 11) is 0. The van der Waals surface area contributed by atoms with Crippen molar-refractivity contribution in [1.82, 2.24) is 0 Å². The van der Waals surface area contributed by atoms with Crippen LogP contribution in [0.2, 0.25) is 0 Å². The van der Waals surface area contributed by atoms with E-state index in [9.17, 15) is 9.18 Å². The maximum Gasteiger partial charge on any atom is 0.159 e. The Morgan fingerprint density at radius 1 is 1.00 bits per heavy atom. The Labute approximate surface area is 170 Å². The minimum Gasteiger partial charge on any atom is -0.363 e. The fraction of sp³-hybridized carbons (Fsp3) is 0.346. The van der Waals surface area contributed by atoms with Crippen LogP contribution in [-0.4, -0.2) is 12.3 Å². The smallest absolute Gasteiger partial charge is 0.159 e. The van der Waals surface area contributed by atoms with Gasteiger partial charge in [-0.2, -0.15) is 0 Å². The lowest BCUT2D eigenvalue weighted by molar-refractivity contribution is 0.101. The second kappa shape index (κ2) is 6.16. The molecule has 29 heavy (non-hydrogen) atoms. The van der Waals surface area contributed by atoms with Gasteiger partial charge in [-0.15, -0.1) is 0 Å². The minimum absolute atomic E-state index is 0.138. The van der Waals surface area contributed by atoms with E-state index in [2.05, 4.69) is 41.3 Å². The van der Waals surface area contributed by atoms with Crippen LogP contribution < -0.4 is 4.90 Å². The van der Waals surface area contributed by atoms with Crippen LogP contribution in [0.5, 0.6) is 0 Å². The van der Waals surface area contributed by atoms with Crippen molar-refractivity contribution in [2.75, 3.05) is 11.4 Å². The number of rotatable bonds is 2. The van der Waals surface area contributed by atoms with Gasteiger partial charge in [0.1, 0.15) is 5.82 Å². The zero-order chi connectivity index (χ0) is 19.7. The van der Waals surface area contributed by atoms with E-state index >= 15 is 0 Å². The molecule has 2 nitrogen and oxygen atoms in total. The lowest BCUT2D eigenvalue weighted by Crippen LogP contribution is -2.46. The molecule has 5 atom stereocenters. The molecule has 0 spiro atoms. The maximum absolute atomic E-state index is 13.6. The standard InChI is InChI=1S/C26H24FNO/c1-15(29)18-12-23-20-5-2-4-17(20)14-28-25(16-8-10-19(27)11-9-16)22-7-3-6-21(22)24(13-18)26(23)28/h2-3,5-6,8-13,17,20-22,25H,4,7,14H2,1H3/t17-,20-,21+,22-,25+/m0/s1. The summed E-state index contributed by atoms with van der Waals surface area (Å²) >= 11 is 0. The van der Waals surface area contributed by atoms with Crippen molar-refractivity contribution >= 4 is 11.5 Å². The predicted molar refractivity (Wildman–Crippen MR) is 113 cm³/mol. The minimum atomic E-state index is -0.184. The van der Waals surface area contributed by atoms with Crippen LogP contribution in [0.1, 0.15) is 64.7 Å². The SMILES string of the molecule is CC(=O)c1cc2c3c(c1)[C@@H]1C=CC[C@@H]1[C@@H](c1ccc(F)cc1)N3C[C@@H]1CC=C[C@H]21. The van der Waals surface area contributed by atoms with Gasteiger partial charge < -0.3 is 4.90 Å². The maximum atomic E-state index is 13.6. The third kappa shape index (κ3) is 2.43. The van der Waals surface area contributed by atoms with E-state index in [1.54, 1.807) is 19.1 Å². The Morgan fingerprint density at radius 2 is 1.69 bits per heavy atom. The topological polar surface area (TPSA) is 20.3 Å². The quantitative estimate of drug-likeness (QED) is 0.472. The number of carbonyl (C=O) groups excluding carboxylic acids is 1. The van der Waals surface area contributed by atoms with Gasteiger partial charge in [-0.1, -0.05) is 36.4 Å². The summed E-state index contributed by atoms with van der Waals surface area (Å²) in [6, 6.07) is 11.6. The summed E-state index contributed by atoms with van der Waals surface area (Å²) in [6.07, 6.45) is 11.4. The summed E-state index contributed by atoms with van der Waals surface area (Å²) in [4.78, 5) is 14.9. The van der Waals surface area contributed by atoms with Crippen molar-refractivity contribution in [3.8, 4) is 0 Å². The highest BCUT2D eigenvalue weighted by Crippen LogP contribution is 2.58. The first-order valence-electron chi connectivity index (χ1n) is 10.7. The summed E-state index contributed by atoms with van der Waals surface area (Å²) < 4.78 is 13.6. The number of allylic oxidation sites excluding steroid dienone is 4. The first-order valence-corrected chi connectivity index (χ1v) is 10.7. The van der Waals surface area contributed by atoms with E-state index in [0.717, 1.165) is 24.9 Å². The molecule has 2 aliphatic heterocycles. The van der Waals surface area contributed by atoms with Gasteiger partial charge >= 0.3 is 0 Å². The Bertz CT molecular complexity index is 1050. The molecule has 146 valence electrons. The summed E-state index contributed by atoms with van der Waals surface area (Å²) in [6.45, 7) is 2.69. The molecule has 0 fully saturated rings. The van der Waals surface area contributed by atoms with Gasteiger partial charge in [-0.05, 0) is 72.6 Å². The first kappa shape index (κ1) is 17.2. The average molecular weight is 385 g/mol. The molecular formula is C26H24FNO. The molecule has 2 aromatic carbocycles. The highest BCUT2D eigenvalue weighted by atomic mass is 19.1. The number of hydrogen-bond acceptors (Lipinski definition) is 2. The number of benzene rings is 2. The molecule has 0 radical (unpaired) electrons. The Morgan fingerprint density at radius 3 is 2.45 bits per heavy atom. The van der Waals surface area contributed by atoms with E-state index in [1.807, 2.05) is 12.1 Å². The van der Waals surface area contributed by atoms with Gasteiger partial charge in [0.15, 0.2) is 5.78 Å². The van der Waals surface area contributed by atoms with Crippen LogP contribution in [-0.2, 0) is 0 Å². The van der Waals surface area contributed by atoms with Crippen molar-refractivity contribution in [3.05, 3.63) is 88.8 Å². The fourth-order valence-corrected chi connectivity index (χ4v) is 6.22. The lowest BCUT2D eigenvalue weighted by Gasteiger charge is -2.51. The van der Waals surface area contributed by atoms with Crippen LogP contribution in [0.25, 0.3) is 0 Å². The van der Waals surface area contributed by atoms with Gasteiger partial charge in [0.25, 0.3) is 0 Å². The van der Waals surface area contributed by atoms with Crippen molar-refractivity contribution in [1.29, 1.82) is 0 Å². The normalized spacial score (nSPS) is 30.8. The summed E-state index contributed by atoms with van der Waals surface area (Å²) in [5, 5.41) is 0. The molecule has 2 aromatic rings. The second-order valence-electron chi connectivity index (χ2n) is 9.01. The number of fused-ring (bicyclic) bond motifs is 4. The second-order valence-corrected chi connectivity index (χ2v) is 9.01. The Hall–Kier alpha value is -2.68. The number of halogens is 1. The lowest BCUT2D eigenvalue weighted by atomic mass is 9.70. The zero-order valence-corrected chi connectivity index (χ0v) is 16.5. The molecule has 0 saturated carbocycles. The molecule has 3 heteroatoms. The molecule has 0 N–H and O–H groups in total. The molecule has 0 aromatic heterocycles. The molecule has 0 saturated heterocycles. The van der Waals surface area contributed by atoms with Crippen LogP contribution >= 0.6 is 0 Å². The Kier molecular flexibility index (Phi) is 3.65. The predicted octanol–water partition coefficient (Wildman–Crippen LogP) is 5.92. The highest BCUT2D eigenvalue weighted by Gasteiger charge is 2.47. The molecule has 2 aliphatic carbocycles. The van der Waals surface area contributed by atoms with Crippen molar-refractivity contribution in [2.24, 2.45) is 11.8 Å². The third-order valence-electron chi connectivity index (χ3n) is 7.47. The Balaban J connectivity index is 1.59. The van der Waals surface area contributed by atoms with Gasteiger partial charge in [0.05, 0.1) is 6.04 Å². The molecule has 2 heterocycles. The van der Waals surface area contributed by atoms with E-state index in [4.69, 9.17) is 0 Å². The third-order valence-corrected chi connectivity index (χ3v) is 7.47. The zero-order valence-electron chi connectivity index (χ0n) is 16.5. The molecule has 0 bridgehead atoms. The highest BCUT2D eigenvalue weighted by molar-refractivity contribution is 5.95. The summed E-state index contributed by atoms with van der Waals surface area (Å²) in [5.41, 5.74) is 5.97. The van der Waals surface area contributed by atoms with E-state index in [-0.39, 0.29) is 17.6 Å². The van der Waals surface area contributed by atoms with Gasteiger partial charge in [-0.25, -0.2) is 4.39 Å². The van der Waals surface area contributed by atoms with E-state index < -0.39 is 0 Å². The van der Waals surface area contributed by atoms with E-state index in [0.29, 0.717) is 23.7 Å². The van der Waals surface area contributed by atoms with Crippen LogP contribution in [0.3, 0.4) is 0 Å². The van der Waals surface area contributed by atoms with Crippen LogP contribution in [0.15, 0.2) is 60.7 Å². The number of hydrogen-bond donors (Lipinski definition) is 0. The molecule has 0 unspecified atom stereocenters. The summed E-state index contributed by atoms with van der Waals surface area (Å²) in [5.74, 6) is 1.64.